The number of carboxylic acid groups (broad SMARTS) is 1. The average Bonchev–Trinajstić information content (AvgIpc) is 3.19. The Morgan fingerprint density at radius 3 is 2.56 bits per heavy atom. The van der Waals surface area contributed by atoms with E-state index in [9.17, 15) is 35.3 Å². The fourth-order valence-electron chi connectivity index (χ4n) is 3.62. The number of aliphatic hydroxyl groups is 3. The number of carbonyl (C=O) groups excluding carboxylic acids is 1. The summed E-state index contributed by atoms with van der Waals surface area (Å²) in [6, 6.07) is 2.61. The molecule has 34 heavy (non-hydrogen) atoms. The van der Waals surface area contributed by atoms with Gasteiger partial charge in [-0.1, -0.05) is 37.0 Å². The van der Waals surface area contributed by atoms with Crippen molar-refractivity contribution in [1.82, 2.24) is 15.1 Å². The molecule has 11 nitrogen and oxygen atoms in total. The monoisotopic (exact) mass is 512 g/mol. The van der Waals surface area contributed by atoms with E-state index in [1.807, 2.05) is 6.07 Å². The third-order valence-corrected chi connectivity index (χ3v) is 6.22. The maximum Gasteiger partial charge on any atom is 0.370 e. The van der Waals surface area contributed by atoms with Gasteiger partial charge in [0, 0.05) is 5.92 Å². The van der Waals surface area contributed by atoms with Crippen molar-refractivity contribution in [3.05, 3.63) is 39.7 Å². The summed E-state index contributed by atoms with van der Waals surface area (Å²) in [4.78, 5) is 24.4. The molecule has 1 aliphatic heterocycles. The normalized spacial score (nSPS) is 22.0. The van der Waals surface area contributed by atoms with E-state index in [1.165, 1.54) is 12.1 Å². The molecule has 13 heteroatoms. The molecule has 3 rings (SSSR count). The molecule has 2 aromatic rings. The number of carboxylic acids is 1. The number of aromatic nitrogens is 2. The molecular weight excluding hydrogens is 491 g/mol. The first kappa shape index (κ1) is 25.7. The van der Waals surface area contributed by atoms with Crippen LogP contribution in [0.1, 0.15) is 25.6 Å². The summed E-state index contributed by atoms with van der Waals surface area (Å²) in [6.07, 6.45) is -3.91. The van der Waals surface area contributed by atoms with Gasteiger partial charge < -0.3 is 30.5 Å². The van der Waals surface area contributed by atoms with Gasteiger partial charge in [-0.25, -0.2) is 9.48 Å². The van der Waals surface area contributed by atoms with Gasteiger partial charge in [0.15, 0.2) is 0 Å². The lowest BCUT2D eigenvalue weighted by Gasteiger charge is -2.40. The fraction of sp³-hybridized carbons (Fsp3) is 0.429. The summed E-state index contributed by atoms with van der Waals surface area (Å²) < 4.78 is 6.58. The van der Waals surface area contributed by atoms with E-state index in [-0.39, 0.29) is 26.6 Å². The van der Waals surface area contributed by atoms with Crippen molar-refractivity contribution in [1.29, 1.82) is 5.26 Å². The smallest absolute Gasteiger partial charge is 0.370 e. The largest absolute Gasteiger partial charge is 0.478 e. The highest BCUT2D eigenvalue weighted by Crippen LogP contribution is 2.37. The van der Waals surface area contributed by atoms with Crippen LogP contribution in [0.3, 0.4) is 0 Å². The molecule has 0 saturated carbocycles. The fourth-order valence-corrected chi connectivity index (χ4v) is 4.02. The number of aliphatic carboxylic acids is 1. The molecule has 5 N–H and O–H groups in total. The molecule has 0 saturated heterocycles. The second-order valence-electron chi connectivity index (χ2n) is 8.00. The third-order valence-electron chi connectivity index (χ3n) is 5.41. The Balaban J connectivity index is 2.27. The Hall–Kier alpha value is -2.88. The quantitative estimate of drug-likeness (QED) is 0.361. The van der Waals surface area contributed by atoms with Crippen LogP contribution in [0.15, 0.2) is 24.0 Å². The van der Waals surface area contributed by atoms with Crippen molar-refractivity contribution in [2.24, 2.45) is 5.92 Å². The maximum absolute atomic E-state index is 12.6. The van der Waals surface area contributed by atoms with Gasteiger partial charge in [0.05, 0.1) is 39.6 Å². The first-order chi connectivity index (χ1) is 16.0. The number of aliphatic hydroxyl groups excluding tert-OH is 3. The lowest BCUT2D eigenvalue weighted by Crippen LogP contribution is -2.59. The molecule has 0 spiro atoms. The molecule has 0 bridgehead atoms. The number of hydrogen-bond acceptors (Lipinski definition) is 8. The lowest BCUT2D eigenvalue weighted by molar-refractivity contribution is -0.147. The Morgan fingerprint density at radius 2 is 2.00 bits per heavy atom. The number of fused-ring (bicyclic) bond motifs is 1. The Labute approximate surface area is 203 Å². The first-order valence-electron chi connectivity index (χ1n) is 10.2. The van der Waals surface area contributed by atoms with E-state index in [0.717, 1.165) is 10.8 Å². The zero-order valence-electron chi connectivity index (χ0n) is 18.0. The van der Waals surface area contributed by atoms with E-state index in [2.05, 4.69) is 10.4 Å². The van der Waals surface area contributed by atoms with Crippen molar-refractivity contribution >= 4 is 46.0 Å². The second kappa shape index (κ2) is 10.2. The molecule has 0 fully saturated rings. The predicted octanol–water partition coefficient (Wildman–Crippen LogP) is 0.978. The summed E-state index contributed by atoms with van der Waals surface area (Å²) in [5, 5.41) is 57.0. The zero-order chi connectivity index (χ0) is 25.3. The maximum atomic E-state index is 12.6. The Kier molecular flexibility index (Phi) is 7.70. The highest BCUT2D eigenvalue weighted by Gasteiger charge is 2.45. The third kappa shape index (κ3) is 4.68. The SMILES string of the molecule is CC(C)C(=O)N[C@H]1[C@H]([C@H](O)[C@H](O)CO)OC(C(=O)O)=C[C@@H]1n1nc2ccc(Cl)c(Cl)c2c1C#N. The minimum absolute atomic E-state index is 0.0616. The summed E-state index contributed by atoms with van der Waals surface area (Å²) >= 11 is 12.4. The predicted molar refractivity (Wildman–Crippen MR) is 120 cm³/mol. The number of nitrogens with zero attached hydrogens (tertiary/aromatic N) is 3. The zero-order valence-corrected chi connectivity index (χ0v) is 19.5. The summed E-state index contributed by atoms with van der Waals surface area (Å²) in [7, 11) is 0. The highest BCUT2D eigenvalue weighted by atomic mass is 35.5. The highest BCUT2D eigenvalue weighted by molar-refractivity contribution is 6.45. The number of ether oxygens (including phenoxy) is 1. The molecule has 0 unspecified atom stereocenters. The van der Waals surface area contributed by atoms with Gasteiger partial charge in [-0.3, -0.25) is 4.79 Å². The van der Waals surface area contributed by atoms with Crippen LogP contribution in [0.5, 0.6) is 0 Å². The van der Waals surface area contributed by atoms with Crippen LogP contribution in [-0.2, 0) is 14.3 Å². The van der Waals surface area contributed by atoms with E-state index >= 15 is 0 Å². The first-order valence-corrected chi connectivity index (χ1v) is 10.9. The van der Waals surface area contributed by atoms with Gasteiger partial charge in [0.1, 0.15) is 30.1 Å². The van der Waals surface area contributed by atoms with Gasteiger partial charge in [0.25, 0.3) is 0 Å². The molecule has 1 amide bonds. The van der Waals surface area contributed by atoms with Crippen molar-refractivity contribution in [3.8, 4) is 6.07 Å². The van der Waals surface area contributed by atoms with Crippen molar-refractivity contribution in [2.75, 3.05) is 6.61 Å². The molecule has 0 radical (unpaired) electrons. The molecule has 0 aliphatic carbocycles. The number of hydrogen-bond donors (Lipinski definition) is 5. The minimum atomic E-state index is -1.80. The summed E-state index contributed by atoms with van der Waals surface area (Å²) in [5.41, 5.74) is 0.208. The van der Waals surface area contributed by atoms with Gasteiger partial charge >= 0.3 is 5.97 Å². The number of rotatable bonds is 7. The van der Waals surface area contributed by atoms with Crippen LogP contribution < -0.4 is 5.32 Å². The van der Waals surface area contributed by atoms with Crippen LogP contribution in [-0.4, -0.2) is 73.0 Å². The number of halogens is 2. The molecule has 1 aliphatic rings. The summed E-state index contributed by atoms with van der Waals surface area (Å²) in [6.45, 7) is 2.38. The minimum Gasteiger partial charge on any atom is -0.478 e. The lowest BCUT2D eigenvalue weighted by atomic mass is 9.91. The summed E-state index contributed by atoms with van der Waals surface area (Å²) in [5.74, 6) is -3.09. The van der Waals surface area contributed by atoms with E-state index in [0.29, 0.717) is 0 Å². The van der Waals surface area contributed by atoms with E-state index < -0.39 is 60.6 Å². The Morgan fingerprint density at radius 1 is 1.32 bits per heavy atom. The van der Waals surface area contributed by atoms with Crippen LogP contribution in [0.2, 0.25) is 10.0 Å². The van der Waals surface area contributed by atoms with Crippen molar-refractivity contribution in [2.45, 2.75) is 44.2 Å². The van der Waals surface area contributed by atoms with Crippen LogP contribution in [0.25, 0.3) is 10.9 Å². The van der Waals surface area contributed by atoms with Crippen molar-refractivity contribution in [3.63, 3.8) is 0 Å². The van der Waals surface area contributed by atoms with Gasteiger partial charge in [-0.15, -0.1) is 0 Å². The van der Waals surface area contributed by atoms with Crippen LogP contribution in [0, 0.1) is 17.2 Å². The van der Waals surface area contributed by atoms with Crippen LogP contribution >= 0.6 is 23.2 Å². The molecule has 2 heterocycles. The van der Waals surface area contributed by atoms with Crippen LogP contribution in [0.4, 0.5) is 0 Å². The average molecular weight is 513 g/mol. The number of amides is 1. The number of carbonyl (C=O) groups is 2. The second-order valence-corrected chi connectivity index (χ2v) is 8.78. The molecule has 5 atom stereocenters. The number of benzene rings is 1. The molecule has 1 aromatic carbocycles. The van der Waals surface area contributed by atoms with E-state index in [4.69, 9.17) is 27.9 Å². The van der Waals surface area contributed by atoms with E-state index in [1.54, 1.807) is 13.8 Å². The van der Waals surface area contributed by atoms with Crippen molar-refractivity contribution < 1.29 is 34.8 Å². The molecule has 1 aromatic heterocycles. The number of nitrogens with one attached hydrogen (secondary N) is 1. The van der Waals surface area contributed by atoms with Gasteiger partial charge in [0.2, 0.25) is 11.7 Å². The molecular formula is C21H22Cl2N4O7. The number of nitriles is 1. The molecule has 182 valence electrons. The Bertz CT molecular complexity index is 1190. The van der Waals surface area contributed by atoms with Gasteiger partial charge in [-0.2, -0.15) is 10.4 Å². The topological polar surface area (TPSA) is 178 Å². The van der Waals surface area contributed by atoms with Gasteiger partial charge in [-0.05, 0) is 18.2 Å². The standard InChI is InChI=1S/C21H22Cl2N4O7/c1-8(2)20(31)25-17-11(5-14(21(32)33)34-19(17)18(30)13(29)7-28)27-12(6-24)15-10(26-27)4-3-9(22)16(15)23/h3-5,8,11,13,17-19,28-30H,7H2,1-2H3,(H,25,31)(H,32,33)/t11-,13+,17+,18+,19+/m0/s1.